The third kappa shape index (κ3) is 3.01. The van der Waals surface area contributed by atoms with Crippen LogP contribution in [-0.4, -0.2) is 5.78 Å². The summed E-state index contributed by atoms with van der Waals surface area (Å²) in [6.45, 7) is 4.32. The first-order chi connectivity index (χ1) is 8.64. The third-order valence-corrected chi connectivity index (χ3v) is 4.43. The van der Waals surface area contributed by atoms with E-state index in [1.54, 1.807) is 0 Å². The molecule has 1 aliphatic carbocycles. The van der Waals surface area contributed by atoms with Gasteiger partial charge in [-0.25, -0.2) is 0 Å². The van der Waals surface area contributed by atoms with E-state index in [0.29, 0.717) is 12.2 Å². The molecule has 0 aromatic heterocycles. The Labute approximate surface area is 111 Å². The highest BCUT2D eigenvalue weighted by Gasteiger charge is 2.33. The quantitative estimate of drug-likeness (QED) is 0.770. The lowest BCUT2D eigenvalue weighted by Crippen LogP contribution is -2.31. The highest BCUT2D eigenvalue weighted by Crippen LogP contribution is 2.37. The molecule has 0 saturated heterocycles. The molecule has 0 aliphatic heterocycles. The van der Waals surface area contributed by atoms with Gasteiger partial charge in [-0.15, -0.1) is 0 Å². The van der Waals surface area contributed by atoms with Crippen LogP contribution in [0.25, 0.3) is 0 Å². The van der Waals surface area contributed by atoms with E-state index in [4.69, 9.17) is 0 Å². The summed E-state index contributed by atoms with van der Waals surface area (Å²) < 4.78 is 0. The number of carbonyl (C=O) groups is 1. The van der Waals surface area contributed by atoms with Crippen molar-refractivity contribution in [3.05, 3.63) is 35.4 Å². The molecule has 1 aliphatic rings. The first-order valence-electron chi connectivity index (χ1n) is 7.25. The number of hydrogen-bond acceptors (Lipinski definition) is 1. The van der Waals surface area contributed by atoms with Gasteiger partial charge >= 0.3 is 0 Å². The van der Waals surface area contributed by atoms with Gasteiger partial charge in [0.2, 0.25) is 0 Å². The highest BCUT2D eigenvalue weighted by atomic mass is 16.1. The van der Waals surface area contributed by atoms with Crippen molar-refractivity contribution in [2.45, 2.75) is 58.8 Å². The summed E-state index contributed by atoms with van der Waals surface area (Å²) in [5.74, 6) is 0.437. The van der Waals surface area contributed by atoms with Crippen LogP contribution in [0.5, 0.6) is 0 Å². The minimum Gasteiger partial charge on any atom is -0.299 e. The first kappa shape index (κ1) is 13.3. The van der Waals surface area contributed by atoms with E-state index in [2.05, 4.69) is 38.1 Å². The third-order valence-electron chi connectivity index (χ3n) is 4.43. The normalized spacial score (nSPS) is 18.6. The summed E-state index contributed by atoms with van der Waals surface area (Å²) in [7, 11) is 0. The Balaban J connectivity index is 2.01. The molecular weight excluding hydrogens is 220 g/mol. The lowest BCUT2D eigenvalue weighted by Gasteiger charge is -2.32. The Morgan fingerprint density at radius 1 is 1.06 bits per heavy atom. The molecule has 0 radical (unpaired) electrons. The van der Waals surface area contributed by atoms with Crippen molar-refractivity contribution < 1.29 is 4.79 Å². The van der Waals surface area contributed by atoms with Gasteiger partial charge in [0.1, 0.15) is 5.78 Å². The van der Waals surface area contributed by atoms with Gasteiger partial charge in [-0.3, -0.25) is 4.79 Å². The molecule has 1 heteroatoms. The summed E-state index contributed by atoms with van der Waals surface area (Å²) in [4.78, 5) is 12.4. The molecule has 0 N–H and O–H groups in total. The van der Waals surface area contributed by atoms with Gasteiger partial charge in [0.05, 0.1) is 0 Å². The maximum atomic E-state index is 12.4. The van der Waals surface area contributed by atoms with Gasteiger partial charge in [0, 0.05) is 11.8 Å². The molecule has 0 unspecified atom stereocenters. The molecule has 18 heavy (non-hydrogen) atoms. The van der Waals surface area contributed by atoms with E-state index in [1.807, 2.05) is 0 Å². The zero-order valence-corrected chi connectivity index (χ0v) is 11.7. The SMILES string of the molecule is CCc1ccc(CC(=O)C2(C)CCCCC2)cc1. The Bertz CT molecular complexity index is 396. The van der Waals surface area contributed by atoms with E-state index < -0.39 is 0 Å². The second-order valence-electron chi connectivity index (χ2n) is 5.89. The molecule has 0 spiro atoms. The first-order valence-corrected chi connectivity index (χ1v) is 7.25. The monoisotopic (exact) mass is 244 g/mol. The van der Waals surface area contributed by atoms with Crippen LogP contribution in [-0.2, 0) is 17.6 Å². The van der Waals surface area contributed by atoms with Crippen LogP contribution in [0.4, 0.5) is 0 Å². The van der Waals surface area contributed by atoms with E-state index in [0.717, 1.165) is 19.3 Å². The van der Waals surface area contributed by atoms with Crippen molar-refractivity contribution >= 4 is 5.78 Å². The zero-order valence-electron chi connectivity index (χ0n) is 11.7. The fourth-order valence-corrected chi connectivity index (χ4v) is 2.90. The van der Waals surface area contributed by atoms with Crippen LogP contribution in [0.15, 0.2) is 24.3 Å². The van der Waals surface area contributed by atoms with E-state index >= 15 is 0 Å². The van der Waals surface area contributed by atoms with Gasteiger partial charge in [0.15, 0.2) is 0 Å². The fourth-order valence-electron chi connectivity index (χ4n) is 2.90. The Kier molecular flexibility index (Phi) is 4.21. The summed E-state index contributed by atoms with van der Waals surface area (Å²) in [6.07, 6.45) is 7.58. The Morgan fingerprint density at radius 3 is 2.17 bits per heavy atom. The number of aryl methyl sites for hydroxylation is 1. The topological polar surface area (TPSA) is 17.1 Å². The second-order valence-corrected chi connectivity index (χ2v) is 5.89. The largest absolute Gasteiger partial charge is 0.299 e. The van der Waals surface area contributed by atoms with Crippen LogP contribution in [0.3, 0.4) is 0 Å². The van der Waals surface area contributed by atoms with E-state index in [-0.39, 0.29) is 5.41 Å². The van der Waals surface area contributed by atoms with E-state index in [9.17, 15) is 4.79 Å². The fraction of sp³-hybridized carbons (Fsp3) is 0.588. The van der Waals surface area contributed by atoms with Crippen LogP contribution in [0.1, 0.15) is 57.1 Å². The molecule has 1 saturated carbocycles. The Morgan fingerprint density at radius 2 is 1.61 bits per heavy atom. The molecule has 1 fully saturated rings. The second kappa shape index (κ2) is 5.69. The number of benzene rings is 1. The van der Waals surface area contributed by atoms with Gasteiger partial charge < -0.3 is 0 Å². The van der Waals surface area contributed by atoms with Crippen LogP contribution >= 0.6 is 0 Å². The number of rotatable bonds is 4. The number of Topliss-reactive ketones (excluding diaryl/α,β-unsaturated/α-hetero) is 1. The van der Waals surface area contributed by atoms with Gasteiger partial charge in [-0.1, -0.05) is 57.4 Å². The molecule has 0 atom stereocenters. The molecule has 0 amide bonds. The minimum atomic E-state index is -0.0539. The van der Waals surface area contributed by atoms with Crippen molar-refractivity contribution in [2.75, 3.05) is 0 Å². The standard InChI is InChI=1S/C17H24O/c1-3-14-7-9-15(10-8-14)13-16(18)17(2)11-5-4-6-12-17/h7-10H,3-6,11-13H2,1-2H3. The average Bonchev–Trinajstić information content (AvgIpc) is 2.40. The van der Waals surface area contributed by atoms with Crippen molar-refractivity contribution in [1.29, 1.82) is 0 Å². The van der Waals surface area contributed by atoms with Crippen LogP contribution < -0.4 is 0 Å². The molecule has 0 bridgehead atoms. The molecule has 1 aromatic rings. The summed E-state index contributed by atoms with van der Waals surface area (Å²) >= 11 is 0. The lowest BCUT2D eigenvalue weighted by atomic mass is 9.71. The number of hydrogen-bond donors (Lipinski definition) is 0. The molecule has 0 heterocycles. The molecule has 1 aromatic carbocycles. The van der Waals surface area contributed by atoms with Crippen LogP contribution in [0.2, 0.25) is 0 Å². The molecule has 98 valence electrons. The summed E-state index contributed by atoms with van der Waals surface area (Å²) in [6, 6.07) is 8.52. The molecule has 1 nitrogen and oxygen atoms in total. The smallest absolute Gasteiger partial charge is 0.143 e. The average molecular weight is 244 g/mol. The minimum absolute atomic E-state index is 0.0539. The van der Waals surface area contributed by atoms with Gasteiger partial charge in [-0.05, 0) is 30.4 Å². The van der Waals surface area contributed by atoms with Gasteiger partial charge in [0.25, 0.3) is 0 Å². The maximum Gasteiger partial charge on any atom is 0.143 e. The van der Waals surface area contributed by atoms with Crippen molar-refractivity contribution in [1.82, 2.24) is 0 Å². The van der Waals surface area contributed by atoms with Crippen molar-refractivity contribution in [2.24, 2.45) is 5.41 Å². The number of ketones is 1. The summed E-state index contributed by atoms with van der Waals surface area (Å²) in [5.41, 5.74) is 2.46. The van der Waals surface area contributed by atoms with Crippen molar-refractivity contribution in [3.63, 3.8) is 0 Å². The van der Waals surface area contributed by atoms with E-state index in [1.165, 1.54) is 30.4 Å². The molecule has 2 rings (SSSR count). The van der Waals surface area contributed by atoms with Crippen molar-refractivity contribution in [3.8, 4) is 0 Å². The predicted molar refractivity (Wildman–Crippen MR) is 75.7 cm³/mol. The summed E-state index contributed by atoms with van der Waals surface area (Å²) in [5, 5.41) is 0. The van der Waals surface area contributed by atoms with Crippen LogP contribution in [0, 0.1) is 5.41 Å². The zero-order chi connectivity index (χ0) is 13.0. The Hall–Kier alpha value is -1.11. The predicted octanol–water partition coefficient (Wildman–Crippen LogP) is 4.33. The van der Waals surface area contributed by atoms with Gasteiger partial charge in [-0.2, -0.15) is 0 Å². The molecular formula is C17H24O. The number of carbonyl (C=O) groups excluding carboxylic acids is 1. The highest BCUT2D eigenvalue weighted by molar-refractivity contribution is 5.86. The lowest BCUT2D eigenvalue weighted by molar-refractivity contribution is -0.128. The maximum absolute atomic E-state index is 12.4.